The van der Waals surface area contributed by atoms with Gasteiger partial charge in [0.25, 0.3) is 0 Å². The van der Waals surface area contributed by atoms with Crippen molar-refractivity contribution in [3.8, 4) is 0 Å². The molecule has 21 heavy (non-hydrogen) atoms. The number of carboxylic acid groups (broad SMARTS) is 1. The van der Waals surface area contributed by atoms with E-state index in [1.165, 1.54) is 11.3 Å². The van der Waals surface area contributed by atoms with E-state index < -0.39 is 5.97 Å². The van der Waals surface area contributed by atoms with E-state index in [0.717, 1.165) is 34.2 Å². The first-order valence-corrected chi connectivity index (χ1v) is 9.22. The Balaban J connectivity index is 1.64. The molecule has 0 spiro atoms. The molecule has 2 N–H and O–H groups in total. The van der Waals surface area contributed by atoms with Crippen molar-refractivity contribution in [2.24, 2.45) is 11.8 Å². The maximum absolute atomic E-state index is 11.8. The maximum atomic E-state index is 11.8. The van der Waals surface area contributed by atoms with Gasteiger partial charge in [-0.3, -0.25) is 9.59 Å². The van der Waals surface area contributed by atoms with Crippen LogP contribution >= 0.6 is 34.7 Å². The second kappa shape index (κ2) is 8.06. The van der Waals surface area contributed by atoms with E-state index in [2.05, 4.69) is 5.32 Å². The predicted molar refractivity (Wildman–Crippen MR) is 87.0 cm³/mol. The van der Waals surface area contributed by atoms with Crippen molar-refractivity contribution in [1.29, 1.82) is 0 Å². The number of carbonyl (C=O) groups excluding carboxylic acids is 1. The summed E-state index contributed by atoms with van der Waals surface area (Å²) in [6.07, 6.45) is 2.55. The zero-order valence-electron chi connectivity index (χ0n) is 11.5. The van der Waals surface area contributed by atoms with Gasteiger partial charge in [0.1, 0.15) is 0 Å². The minimum Gasteiger partial charge on any atom is -0.481 e. The molecule has 0 radical (unpaired) electrons. The standard InChI is InChI=1S/C14H18ClNO3S2/c15-12-5-4-10(21-12)7-20-8-13(17)16-6-9-2-1-3-11(9)14(18)19/h4-5,9,11H,1-3,6-8H2,(H,16,17)(H,18,19). The van der Waals surface area contributed by atoms with E-state index in [4.69, 9.17) is 16.7 Å². The summed E-state index contributed by atoms with van der Waals surface area (Å²) in [5.74, 6) is 0.166. The number of thiophene rings is 1. The highest BCUT2D eigenvalue weighted by Crippen LogP contribution is 2.31. The maximum Gasteiger partial charge on any atom is 0.306 e. The van der Waals surface area contributed by atoms with Crippen LogP contribution < -0.4 is 5.32 Å². The van der Waals surface area contributed by atoms with Crippen molar-refractivity contribution < 1.29 is 14.7 Å². The fraction of sp³-hybridized carbons (Fsp3) is 0.571. The summed E-state index contributed by atoms with van der Waals surface area (Å²) >= 11 is 8.91. The van der Waals surface area contributed by atoms with Crippen molar-refractivity contribution in [1.82, 2.24) is 5.32 Å². The number of hydrogen-bond acceptors (Lipinski definition) is 4. The highest BCUT2D eigenvalue weighted by Gasteiger charge is 2.32. The van der Waals surface area contributed by atoms with Crippen LogP contribution in [0.5, 0.6) is 0 Å². The van der Waals surface area contributed by atoms with E-state index in [9.17, 15) is 9.59 Å². The zero-order chi connectivity index (χ0) is 15.2. The molecule has 7 heteroatoms. The Morgan fingerprint density at radius 2 is 2.24 bits per heavy atom. The number of halogens is 1. The van der Waals surface area contributed by atoms with Crippen molar-refractivity contribution in [2.75, 3.05) is 12.3 Å². The lowest BCUT2D eigenvalue weighted by Gasteiger charge is -2.16. The smallest absolute Gasteiger partial charge is 0.306 e. The van der Waals surface area contributed by atoms with Gasteiger partial charge in [-0.25, -0.2) is 0 Å². The topological polar surface area (TPSA) is 66.4 Å². The van der Waals surface area contributed by atoms with Crippen LogP contribution in [-0.2, 0) is 15.3 Å². The minimum absolute atomic E-state index is 0.0290. The number of carbonyl (C=O) groups is 2. The summed E-state index contributed by atoms with van der Waals surface area (Å²) in [6.45, 7) is 0.473. The lowest BCUT2D eigenvalue weighted by atomic mass is 9.96. The molecule has 116 valence electrons. The van der Waals surface area contributed by atoms with Gasteiger partial charge >= 0.3 is 5.97 Å². The SMILES string of the molecule is O=C(CSCc1ccc(Cl)s1)NCC1CCCC1C(=O)O. The lowest BCUT2D eigenvalue weighted by Crippen LogP contribution is -2.33. The van der Waals surface area contributed by atoms with E-state index in [0.29, 0.717) is 12.3 Å². The quantitative estimate of drug-likeness (QED) is 0.794. The van der Waals surface area contributed by atoms with Gasteiger partial charge in [-0.1, -0.05) is 18.0 Å². The normalized spacial score (nSPS) is 21.4. The first-order valence-electron chi connectivity index (χ1n) is 6.87. The minimum atomic E-state index is -0.740. The molecule has 1 aliphatic carbocycles. The molecule has 0 bridgehead atoms. The summed E-state index contributed by atoms with van der Waals surface area (Å²) in [5, 5.41) is 11.9. The number of aliphatic carboxylic acids is 1. The molecule has 1 aromatic rings. The highest BCUT2D eigenvalue weighted by molar-refractivity contribution is 7.99. The van der Waals surface area contributed by atoms with Crippen LogP contribution in [0.4, 0.5) is 0 Å². The predicted octanol–water partition coefficient (Wildman–Crippen LogP) is 3.25. The van der Waals surface area contributed by atoms with Crippen LogP contribution in [0, 0.1) is 11.8 Å². The fourth-order valence-corrected chi connectivity index (χ4v) is 4.63. The Morgan fingerprint density at radius 3 is 2.90 bits per heavy atom. The zero-order valence-corrected chi connectivity index (χ0v) is 13.9. The van der Waals surface area contributed by atoms with Gasteiger partial charge in [-0.05, 0) is 30.9 Å². The van der Waals surface area contributed by atoms with Gasteiger partial charge in [-0.15, -0.1) is 23.1 Å². The molecular formula is C14H18ClNO3S2. The summed E-state index contributed by atoms with van der Waals surface area (Å²) in [5.41, 5.74) is 0. The molecule has 1 heterocycles. The molecule has 2 unspecified atom stereocenters. The molecule has 0 aromatic carbocycles. The second-order valence-electron chi connectivity index (χ2n) is 5.14. The monoisotopic (exact) mass is 347 g/mol. The molecule has 4 nitrogen and oxygen atoms in total. The number of amides is 1. The molecule has 2 rings (SSSR count). The lowest BCUT2D eigenvalue weighted by molar-refractivity contribution is -0.143. The van der Waals surface area contributed by atoms with Crippen molar-refractivity contribution in [2.45, 2.75) is 25.0 Å². The summed E-state index contributed by atoms with van der Waals surface area (Å²) in [6, 6.07) is 3.82. The van der Waals surface area contributed by atoms with Crippen LogP contribution in [0.1, 0.15) is 24.1 Å². The van der Waals surface area contributed by atoms with E-state index in [1.54, 1.807) is 11.8 Å². The Kier molecular flexibility index (Phi) is 6.39. The average Bonchev–Trinajstić information content (AvgIpc) is 3.05. The van der Waals surface area contributed by atoms with Crippen LogP contribution in [0.3, 0.4) is 0 Å². The molecule has 0 aliphatic heterocycles. The molecule has 1 aromatic heterocycles. The molecule has 1 saturated carbocycles. The Labute approximate surface area is 137 Å². The number of rotatable bonds is 7. The Morgan fingerprint density at radius 1 is 1.43 bits per heavy atom. The summed E-state index contributed by atoms with van der Waals surface area (Å²) in [7, 11) is 0. The molecule has 1 amide bonds. The second-order valence-corrected chi connectivity index (χ2v) is 7.92. The molecular weight excluding hydrogens is 330 g/mol. The van der Waals surface area contributed by atoms with Crippen molar-refractivity contribution in [3.05, 3.63) is 21.3 Å². The van der Waals surface area contributed by atoms with Crippen LogP contribution in [-0.4, -0.2) is 29.3 Å². The number of nitrogens with one attached hydrogen (secondary N) is 1. The third-order valence-corrected chi connectivity index (χ3v) is 6.04. The van der Waals surface area contributed by atoms with Crippen molar-refractivity contribution in [3.63, 3.8) is 0 Å². The number of hydrogen-bond donors (Lipinski definition) is 2. The van der Waals surface area contributed by atoms with Gasteiger partial charge in [0.05, 0.1) is 16.0 Å². The van der Waals surface area contributed by atoms with Crippen LogP contribution in [0.2, 0.25) is 4.34 Å². The van der Waals surface area contributed by atoms with Gasteiger partial charge < -0.3 is 10.4 Å². The molecule has 2 atom stereocenters. The largest absolute Gasteiger partial charge is 0.481 e. The van der Waals surface area contributed by atoms with Crippen molar-refractivity contribution >= 4 is 46.6 Å². The number of carboxylic acids is 1. The molecule has 1 fully saturated rings. The molecule has 1 aliphatic rings. The fourth-order valence-electron chi connectivity index (χ4n) is 2.58. The first kappa shape index (κ1) is 16.6. The van der Waals surface area contributed by atoms with E-state index >= 15 is 0 Å². The van der Waals surface area contributed by atoms with Crippen LogP contribution in [0.15, 0.2) is 12.1 Å². The van der Waals surface area contributed by atoms with E-state index in [1.807, 2.05) is 12.1 Å². The first-order chi connectivity index (χ1) is 10.1. The van der Waals surface area contributed by atoms with Gasteiger partial charge in [0, 0.05) is 17.2 Å². The third-order valence-electron chi connectivity index (χ3n) is 3.64. The number of thioether (sulfide) groups is 1. The Bertz CT molecular complexity index is 506. The molecule has 0 saturated heterocycles. The van der Waals surface area contributed by atoms with Gasteiger partial charge in [0.2, 0.25) is 5.91 Å². The average molecular weight is 348 g/mol. The van der Waals surface area contributed by atoms with Crippen LogP contribution in [0.25, 0.3) is 0 Å². The van der Waals surface area contributed by atoms with Gasteiger partial charge in [0.15, 0.2) is 0 Å². The summed E-state index contributed by atoms with van der Waals surface area (Å²) in [4.78, 5) is 24.0. The van der Waals surface area contributed by atoms with E-state index in [-0.39, 0.29) is 17.7 Å². The third kappa shape index (κ3) is 5.20. The summed E-state index contributed by atoms with van der Waals surface area (Å²) < 4.78 is 0.760. The highest BCUT2D eigenvalue weighted by atomic mass is 35.5. The Hall–Kier alpha value is -0.720. The van der Waals surface area contributed by atoms with Gasteiger partial charge in [-0.2, -0.15) is 0 Å².